The third kappa shape index (κ3) is 2.71. The van der Waals surface area contributed by atoms with Gasteiger partial charge in [-0.15, -0.1) is 0 Å². The number of nitrogens with zero attached hydrogens (tertiary/aromatic N) is 2. The van der Waals surface area contributed by atoms with Crippen molar-refractivity contribution in [3.8, 4) is 0 Å². The van der Waals surface area contributed by atoms with Gasteiger partial charge in [0.2, 0.25) is 0 Å². The van der Waals surface area contributed by atoms with Crippen molar-refractivity contribution in [3.05, 3.63) is 18.2 Å². The molecule has 0 amide bonds. The van der Waals surface area contributed by atoms with Gasteiger partial charge >= 0.3 is 0 Å². The smallest absolute Gasteiger partial charge is 0.125 e. The Hall–Kier alpha value is -0.830. The highest BCUT2D eigenvalue weighted by molar-refractivity contribution is 5.01. The summed E-state index contributed by atoms with van der Waals surface area (Å²) in [4.78, 5) is 4.57. The maximum Gasteiger partial charge on any atom is 0.125 e. The van der Waals surface area contributed by atoms with Crippen LogP contribution in [0, 0.1) is 17.8 Å². The van der Waals surface area contributed by atoms with Crippen molar-refractivity contribution in [1.29, 1.82) is 0 Å². The number of aryl methyl sites for hydroxylation is 1. The molecular weight excluding hydrogens is 234 g/mol. The zero-order valence-corrected chi connectivity index (χ0v) is 12.3. The monoisotopic (exact) mass is 261 g/mol. The van der Waals surface area contributed by atoms with Gasteiger partial charge in [-0.1, -0.05) is 13.3 Å². The van der Waals surface area contributed by atoms with Gasteiger partial charge in [-0.3, -0.25) is 0 Å². The Morgan fingerprint density at radius 2 is 2.32 bits per heavy atom. The van der Waals surface area contributed by atoms with E-state index in [1.807, 2.05) is 6.20 Å². The largest absolute Gasteiger partial charge is 0.337 e. The van der Waals surface area contributed by atoms with Crippen LogP contribution in [-0.2, 0) is 7.05 Å². The minimum absolute atomic E-state index is 0.448. The summed E-state index contributed by atoms with van der Waals surface area (Å²) in [5.41, 5.74) is 0. The van der Waals surface area contributed by atoms with Gasteiger partial charge < -0.3 is 9.88 Å². The summed E-state index contributed by atoms with van der Waals surface area (Å²) in [5, 5.41) is 3.72. The molecule has 1 aromatic heterocycles. The third-order valence-corrected chi connectivity index (χ3v) is 5.23. The van der Waals surface area contributed by atoms with Crippen LogP contribution in [0.1, 0.15) is 57.3 Å². The average molecular weight is 261 g/mol. The Kier molecular flexibility index (Phi) is 3.92. The second-order valence-electron chi connectivity index (χ2n) is 6.57. The molecule has 0 saturated heterocycles. The molecule has 1 heterocycles. The first-order valence-electron chi connectivity index (χ1n) is 7.98. The lowest BCUT2D eigenvalue weighted by Crippen LogP contribution is -2.28. The first kappa shape index (κ1) is 13.2. The number of fused-ring (bicyclic) bond motifs is 2. The van der Waals surface area contributed by atoms with Gasteiger partial charge in [0.15, 0.2) is 0 Å². The predicted octanol–water partition coefficient (Wildman–Crippen LogP) is 3.29. The minimum atomic E-state index is 0.448. The fraction of sp³-hybridized carbons (Fsp3) is 0.812. The lowest BCUT2D eigenvalue weighted by atomic mass is 9.84. The van der Waals surface area contributed by atoms with Crippen LogP contribution < -0.4 is 5.32 Å². The highest BCUT2D eigenvalue weighted by Gasteiger charge is 2.40. The molecule has 2 aliphatic carbocycles. The van der Waals surface area contributed by atoms with Gasteiger partial charge in [-0.2, -0.15) is 0 Å². The first-order valence-corrected chi connectivity index (χ1v) is 7.98. The molecule has 0 aromatic carbocycles. The molecule has 3 heteroatoms. The highest BCUT2D eigenvalue weighted by atomic mass is 15.1. The molecule has 1 N–H and O–H groups in total. The fourth-order valence-electron chi connectivity index (χ4n) is 4.28. The molecule has 19 heavy (non-hydrogen) atoms. The molecule has 1 aromatic rings. The number of hydrogen-bond donors (Lipinski definition) is 1. The number of nitrogens with one attached hydrogen (secondary N) is 1. The van der Waals surface area contributed by atoms with Gasteiger partial charge in [0.1, 0.15) is 5.82 Å². The number of hydrogen-bond acceptors (Lipinski definition) is 2. The Morgan fingerprint density at radius 1 is 1.42 bits per heavy atom. The number of rotatable bonds is 6. The molecule has 106 valence electrons. The summed E-state index contributed by atoms with van der Waals surface area (Å²) < 4.78 is 2.18. The van der Waals surface area contributed by atoms with Crippen LogP contribution in [0.5, 0.6) is 0 Å². The van der Waals surface area contributed by atoms with Crippen LogP contribution in [0.4, 0.5) is 0 Å². The lowest BCUT2D eigenvalue weighted by molar-refractivity contribution is 0.273. The zero-order chi connectivity index (χ0) is 13.2. The van der Waals surface area contributed by atoms with Crippen molar-refractivity contribution >= 4 is 0 Å². The van der Waals surface area contributed by atoms with E-state index in [1.54, 1.807) is 0 Å². The van der Waals surface area contributed by atoms with E-state index in [1.165, 1.54) is 44.3 Å². The highest BCUT2D eigenvalue weighted by Crippen LogP contribution is 2.50. The molecule has 0 spiro atoms. The van der Waals surface area contributed by atoms with Gasteiger partial charge in [0.25, 0.3) is 0 Å². The molecule has 4 atom stereocenters. The molecule has 3 nitrogen and oxygen atoms in total. The summed E-state index contributed by atoms with van der Waals surface area (Å²) in [7, 11) is 2.11. The van der Waals surface area contributed by atoms with E-state index in [0.29, 0.717) is 6.04 Å². The molecule has 4 unspecified atom stereocenters. The summed E-state index contributed by atoms with van der Waals surface area (Å²) in [5.74, 6) is 4.21. The minimum Gasteiger partial charge on any atom is -0.337 e. The quantitative estimate of drug-likeness (QED) is 0.851. The van der Waals surface area contributed by atoms with E-state index >= 15 is 0 Å². The van der Waals surface area contributed by atoms with Gasteiger partial charge in [0.05, 0.1) is 6.04 Å². The third-order valence-electron chi connectivity index (χ3n) is 5.23. The Labute approximate surface area is 116 Å². The van der Waals surface area contributed by atoms with Crippen LogP contribution in [0.2, 0.25) is 0 Å². The van der Waals surface area contributed by atoms with Gasteiger partial charge in [0, 0.05) is 19.4 Å². The zero-order valence-electron chi connectivity index (χ0n) is 12.3. The lowest BCUT2D eigenvalue weighted by Gasteiger charge is -2.27. The number of aromatic nitrogens is 2. The second-order valence-corrected chi connectivity index (χ2v) is 6.57. The van der Waals surface area contributed by atoms with E-state index in [9.17, 15) is 0 Å². The molecule has 2 saturated carbocycles. The topological polar surface area (TPSA) is 29.9 Å². The molecule has 2 bridgehead atoms. The summed E-state index contributed by atoms with van der Waals surface area (Å²) >= 11 is 0. The van der Waals surface area contributed by atoms with Crippen LogP contribution in [0.15, 0.2) is 12.4 Å². The molecular formula is C16H27N3. The van der Waals surface area contributed by atoms with Crippen molar-refractivity contribution < 1.29 is 0 Å². The fourth-order valence-corrected chi connectivity index (χ4v) is 4.28. The van der Waals surface area contributed by atoms with E-state index in [2.05, 4.69) is 35.0 Å². The Bertz CT molecular complexity index is 412. The van der Waals surface area contributed by atoms with E-state index < -0.39 is 0 Å². The van der Waals surface area contributed by atoms with Gasteiger partial charge in [-0.25, -0.2) is 4.98 Å². The van der Waals surface area contributed by atoms with Crippen LogP contribution in [0.25, 0.3) is 0 Å². The van der Waals surface area contributed by atoms with Crippen molar-refractivity contribution in [2.24, 2.45) is 24.8 Å². The van der Waals surface area contributed by atoms with E-state index in [-0.39, 0.29) is 0 Å². The molecule has 3 rings (SSSR count). The molecule has 2 aliphatic rings. The first-order chi connectivity index (χ1) is 9.28. The molecule has 0 aliphatic heterocycles. The molecule has 2 fully saturated rings. The van der Waals surface area contributed by atoms with Crippen LogP contribution in [-0.4, -0.2) is 16.1 Å². The van der Waals surface area contributed by atoms with Gasteiger partial charge in [-0.05, 0) is 56.4 Å². The van der Waals surface area contributed by atoms with Crippen molar-refractivity contribution in [1.82, 2.24) is 14.9 Å². The van der Waals surface area contributed by atoms with Crippen LogP contribution >= 0.6 is 0 Å². The van der Waals surface area contributed by atoms with Crippen molar-refractivity contribution in [2.75, 3.05) is 6.54 Å². The second kappa shape index (κ2) is 5.66. The SMILES string of the molecule is CCCNC(CC1CC2CCC1C2)c1nccn1C. The summed E-state index contributed by atoms with van der Waals surface area (Å²) in [6.45, 7) is 3.33. The summed E-state index contributed by atoms with van der Waals surface area (Å²) in [6.07, 6.45) is 12.4. The van der Waals surface area contributed by atoms with E-state index in [4.69, 9.17) is 0 Å². The predicted molar refractivity (Wildman–Crippen MR) is 77.8 cm³/mol. The Morgan fingerprint density at radius 3 is 2.89 bits per heavy atom. The summed E-state index contributed by atoms with van der Waals surface area (Å²) in [6, 6.07) is 0.448. The van der Waals surface area contributed by atoms with Crippen molar-refractivity contribution in [2.45, 2.75) is 51.5 Å². The van der Waals surface area contributed by atoms with Crippen molar-refractivity contribution in [3.63, 3.8) is 0 Å². The maximum absolute atomic E-state index is 4.57. The van der Waals surface area contributed by atoms with E-state index in [0.717, 1.165) is 24.3 Å². The number of imidazole rings is 1. The normalized spacial score (nSPS) is 30.9. The molecule has 0 radical (unpaired) electrons. The average Bonchev–Trinajstić information content (AvgIpc) is 3.10. The standard InChI is InChI=1S/C16H27N3/c1-3-6-17-15(16-18-7-8-19(16)2)11-14-10-12-4-5-13(14)9-12/h7-8,12-15,17H,3-6,9-11H2,1-2H3. The van der Waals surface area contributed by atoms with Crippen LogP contribution in [0.3, 0.4) is 0 Å². The Balaban J connectivity index is 1.67. The maximum atomic E-state index is 4.57.